The second-order valence-corrected chi connectivity index (χ2v) is 5.13. The summed E-state index contributed by atoms with van der Waals surface area (Å²) in [5.74, 6) is 2.68. The Morgan fingerprint density at radius 1 is 1.35 bits per heavy atom. The molecule has 2 heterocycles. The van der Waals surface area contributed by atoms with E-state index in [1.54, 1.807) is 6.07 Å². The molecule has 0 radical (unpaired) electrons. The number of anilines is 2. The summed E-state index contributed by atoms with van der Waals surface area (Å²) in [6.45, 7) is 2.79. The molecule has 0 saturated heterocycles. The molecule has 0 spiro atoms. The Morgan fingerprint density at radius 2 is 2.20 bits per heavy atom. The molecule has 0 aromatic carbocycles. The van der Waals surface area contributed by atoms with Gasteiger partial charge in [0.2, 0.25) is 0 Å². The van der Waals surface area contributed by atoms with Gasteiger partial charge in [0.1, 0.15) is 17.5 Å². The van der Waals surface area contributed by atoms with Crippen LogP contribution in [-0.4, -0.2) is 15.0 Å². The molecule has 2 aromatic heterocycles. The highest BCUT2D eigenvalue weighted by Crippen LogP contribution is 2.38. The second kappa shape index (κ2) is 5.45. The number of aryl methyl sites for hydroxylation is 1. The molecule has 5 heteroatoms. The third-order valence-corrected chi connectivity index (χ3v) is 3.51. The van der Waals surface area contributed by atoms with Crippen molar-refractivity contribution in [3.8, 4) is 0 Å². The summed E-state index contributed by atoms with van der Waals surface area (Å²) < 4.78 is 0. The second-order valence-electron chi connectivity index (χ2n) is 5.13. The Balaban J connectivity index is 1.74. The van der Waals surface area contributed by atoms with Crippen LogP contribution in [0.3, 0.4) is 0 Å². The van der Waals surface area contributed by atoms with E-state index >= 15 is 0 Å². The summed E-state index contributed by atoms with van der Waals surface area (Å²) in [5, 5.41) is 3.31. The molecule has 0 amide bonds. The zero-order valence-corrected chi connectivity index (χ0v) is 11.6. The molecule has 0 atom stereocenters. The fraction of sp³-hybridized carbons (Fsp3) is 0.400. The summed E-state index contributed by atoms with van der Waals surface area (Å²) >= 11 is 0. The highest BCUT2D eigenvalue weighted by Gasteiger charge is 2.27. The number of nitrogens with zero attached hydrogens (tertiary/aromatic N) is 3. The minimum Gasteiger partial charge on any atom is -0.384 e. The lowest BCUT2D eigenvalue weighted by molar-refractivity contribution is 0.914. The van der Waals surface area contributed by atoms with Crippen LogP contribution in [0, 0.1) is 0 Å². The smallest absolute Gasteiger partial charge is 0.136 e. The van der Waals surface area contributed by atoms with Gasteiger partial charge in [-0.3, -0.25) is 4.98 Å². The van der Waals surface area contributed by atoms with E-state index in [1.165, 1.54) is 18.4 Å². The summed E-state index contributed by atoms with van der Waals surface area (Å²) in [6.07, 6.45) is 5.14. The third-order valence-electron chi connectivity index (χ3n) is 3.51. The first kappa shape index (κ1) is 12.8. The molecule has 1 fully saturated rings. The van der Waals surface area contributed by atoms with Gasteiger partial charge in [-0.1, -0.05) is 13.0 Å². The van der Waals surface area contributed by atoms with Gasteiger partial charge in [-0.2, -0.15) is 0 Å². The number of hydrogen-bond acceptors (Lipinski definition) is 5. The third kappa shape index (κ3) is 2.87. The fourth-order valence-corrected chi connectivity index (χ4v) is 2.23. The van der Waals surface area contributed by atoms with Crippen molar-refractivity contribution in [3.05, 3.63) is 41.5 Å². The van der Waals surface area contributed by atoms with Crippen molar-refractivity contribution in [1.29, 1.82) is 0 Å². The molecule has 104 valence electrons. The van der Waals surface area contributed by atoms with Crippen LogP contribution >= 0.6 is 0 Å². The zero-order chi connectivity index (χ0) is 13.9. The lowest BCUT2D eigenvalue weighted by Gasteiger charge is -2.10. The molecular formula is C15H19N5. The molecular weight excluding hydrogens is 250 g/mol. The lowest BCUT2D eigenvalue weighted by Crippen LogP contribution is -2.08. The molecule has 1 aliphatic carbocycles. The van der Waals surface area contributed by atoms with Gasteiger partial charge in [0, 0.05) is 18.2 Å². The average Bonchev–Trinajstić information content (AvgIpc) is 3.29. The fourth-order valence-electron chi connectivity index (χ4n) is 2.23. The number of nitrogen functional groups attached to an aromatic ring is 1. The van der Waals surface area contributed by atoms with Crippen LogP contribution in [0.2, 0.25) is 0 Å². The number of aromatic nitrogens is 3. The van der Waals surface area contributed by atoms with E-state index in [4.69, 9.17) is 5.73 Å². The van der Waals surface area contributed by atoms with Crippen molar-refractivity contribution >= 4 is 11.6 Å². The first-order valence-corrected chi connectivity index (χ1v) is 7.07. The maximum absolute atomic E-state index is 5.84. The monoisotopic (exact) mass is 269 g/mol. The number of rotatable bonds is 5. The first-order chi connectivity index (χ1) is 9.76. The molecule has 0 bridgehead atoms. The van der Waals surface area contributed by atoms with Gasteiger partial charge in [0.05, 0.1) is 12.2 Å². The van der Waals surface area contributed by atoms with E-state index in [-0.39, 0.29) is 0 Å². The van der Waals surface area contributed by atoms with Gasteiger partial charge in [-0.25, -0.2) is 9.97 Å². The number of pyridine rings is 1. The zero-order valence-electron chi connectivity index (χ0n) is 11.6. The molecule has 20 heavy (non-hydrogen) atoms. The number of hydrogen-bond donors (Lipinski definition) is 2. The Labute approximate surface area is 118 Å². The molecule has 2 aromatic rings. The standard InChI is InChI=1S/C15H19N5/c1-2-10-4-3-7-17-12(10)9-18-14-8-13(16)19-15(20-14)11-5-6-11/h3-4,7-8,11H,2,5-6,9H2,1H3,(H3,16,18,19,20). The van der Waals surface area contributed by atoms with Crippen molar-refractivity contribution in [2.45, 2.75) is 38.6 Å². The molecule has 1 saturated carbocycles. The largest absolute Gasteiger partial charge is 0.384 e. The number of nitrogens with one attached hydrogen (secondary N) is 1. The quantitative estimate of drug-likeness (QED) is 0.872. The first-order valence-electron chi connectivity index (χ1n) is 7.07. The van der Waals surface area contributed by atoms with E-state index in [0.29, 0.717) is 18.3 Å². The van der Waals surface area contributed by atoms with Crippen molar-refractivity contribution in [3.63, 3.8) is 0 Å². The van der Waals surface area contributed by atoms with Gasteiger partial charge < -0.3 is 11.1 Å². The summed E-state index contributed by atoms with van der Waals surface area (Å²) in [5.41, 5.74) is 8.15. The Morgan fingerprint density at radius 3 is 2.95 bits per heavy atom. The molecule has 0 unspecified atom stereocenters. The Bertz CT molecular complexity index is 607. The van der Waals surface area contributed by atoms with Crippen molar-refractivity contribution in [2.75, 3.05) is 11.1 Å². The van der Waals surface area contributed by atoms with Crippen LogP contribution in [0.15, 0.2) is 24.4 Å². The van der Waals surface area contributed by atoms with Crippen molar-refractivity contribution in [2.24, 2.45) is 0 Å². The molecule has 5 nitrogen and oxygen atoms in total. The molecule has 3 rings (SSSR count). The summed E-state index contributed by atoms with van der Waals surface area (Å²) in [6, 6.07) is 5.85. The van der Waals surface area contributed by atoms with E-state index < -0.39 is 0 Å². The van der Waals surface area contributed by atoms with E-state index in [0.717, 1.165) is 23.8 Å². The van der Waals surface area contributed by atoms with E-state index in [1.807, 2.05) is 12.3 Å². The van der Waals surface area contributed by atoms with Gasteiger partial charge in [-0.05, 0) is 30.9 Å². The maximum atomic E-state index is 5.84. The average molecular weight is 269 g/mol. The van der Waals surface area contributed by atoms with Gasteiger partial charge >= 0.3 is 0 Å². The molecule has 3 N–H and O–H groups in total. The topological polar surface area (TPSA) is 76.7 Å². The normalized spacial score (nSPS) is 14.2. The highest BCUT2D eigenvalue weighted by atomic mass is 15.1. The van der Waals surface area contributed by atoms with Crippen LogP contribution in [0.1, 0.15) is 42.8 Å². The number of nitrogens with two attached hydrogens (primary N) is 1. The lowest BCUT2D eigenvalue weighted by atomic mass is 10.1. The SMILES string of the molecule is CCc1cccnc1CNc1cc(N)nc(C2CC2)n1. The predicted molar refractivity (Wildman–Crippen MR) is 79.4 cm³/mol. The predicted octanol–water partition coefficient (Wildman–Crippen LogP) is 2.51. The highest BCUT2D eigenvalue weighted by molar-refractivity contribution is 5.45. The van der Waals surface area contributed by atoms with Crippen LogP contribution < -0.4 is 11.1 Å². The molecule has 1 aliphatic rings. The maximum Gasteiger partial charge on any atom is 0.136 e. The van der Waals surface area contributed by atoms with E-state index in [9.17, 15) is 0 Å². The Hall–Kier alpha value is -2.17. The van der Waals surface area contributed by atoms with Crippen LogP contribution in [0.5, 0.6) is 0 Å². The van der Waals surface area contributed by atoms with Crippen LogP contribution in [0.4, 0.5) is 11.6 Å². The van der Waals surface area contributed by atoms with E-state index in [2.05, 4.69) is 33.3 Å². The van der Waals surface area contributed by atoms with Gasteiger partial charge in [-0.15, -0.1) is 0 Å². The van der Waals surface area contributed by atoms with Crippen molar-refractivity contribution in [1.82, 2.24) is 15.0 Å². The van der Waals surface area contributed by atoms with Crippen molar-refractivity contribution < 1.29 is 0 Å². The minimum atomic E-state index is 0.500. The summed E-state index contributed by atoms with van der Waals surface area (Å²) in [7, 11) is 0. The van der Waals surface area contributed by atoms with Gasteiger partial charge in [0.15, 0.2) is 0 Å². The van der Waals surface area contributed by atoms with Crippen LogP contribution in [-0.2, 0) is 13.0 Å². The van der Waals surface area contributed by atoms with Crippen LogP contribution in [0.25, 0.3) is 0 Å². The Kier molecular flexibility index (Phi) is 3.50. The molecule has 0 aliphatic heterocycles. The summed E-state index contributed by atoms with van der Waals surface area (Å²) in [4.78, 5) is 13.3. The minimum absolute atomic E-state index is 0.500. The van der Waals surface area contributed by atoms with Gasteiger partial charge in [0.25, 0.3) is 0 Å².